The van der Waals surface area contributed by atoms with Crippen molar-refractivity contribution >= 4 is 17.6 Å². The molecule has 0 saturated heterocycles. The van der Waals surface area contributed by atoms with E-state index in [-0.39, 0.29) is 36.0 Å². The van der Waals surface area contributed by atoms with Gasteiger partial charge >= 0.3 is 0 Å². The third-order valence-corrected chi connectivity index (χ3v) is 6.36. The lowest BCUT2D eigenvalue weighted by Gasteiger charge is -2.36. The second-order valence-electron chi connectivity index (χ2n) is 9.15. The van der Waals surface area contributed by atoms with Crippen molar-refractivity contribution in [1.82, 2.24) is 25.1 Å². The predicted octanol–water partition coefficient (Wildman–Crippen LogP) is 0.904. The molecule has 33 heavy (non-hydrogen) atoms. The van der Waals surface area contributed by atoms with E-state index in [1.54, 1.807) is 25.1 Å². The largest absolute Gasteiger partial charge is 0.390 e. The van der Waals surface area contributed by atoms with Crippen LogP contribution >= 0.6 is 0 Å². The summed E-state index contributed by atoms with van der Waals surface area (Å²) in [5.41, 5.74) is 2.91. The molecule has 4 rings (SSSR count). The molecule has 9 heteroatoms. The molecule has 2 aliphatic rings. The summed E-state index contributed by atoms with van der Waals surface area (Å²) in [5, 5.41) is 16.5. The zero-order chi connectivity index (χ0) is 23.4. The average Bonchev–Trinajstić information content (AvgIpc) is 2.79. The van der Waals surface area contributed by atoms with Crippen LogP contribution in [0.5, 0.6) is 0 Å². The summed E-state index contributed by atoms with van der Waals surface area (Å²) < 4.78 is 0. The van der Waals surface area contributed by atoms with E-state index in [1.807, 2.05) is 6.07 Å². The number of aromatic nitrogens is 2. The summed E-state index contributed by atoms with van der Waals surface area (Å²) in [5.74, 6) is 0.390. The second-order valence-corrected chi connectivity index (χ2v) is 9.15. The van der Waals surface area contributed by atoms with Gasteiger partial charge < -0.3 is 20.6 Å². The Balaban J connectivity index is 1.22. The number of β-amino-alcohol motifs (C(OH)–C–C–N with tert-alkyl or cyclic N) is 1. The molecule has 3 N–H and O–H groups in total. The molecule has 2 heterocycles. The smallest absolute Gasteiger partial charge is 0.270 e. The number of nitrogens with one attached hydrogen (secondary N) is 2. The number of nitrogens with zero attached hydrogens (tertiary/aromatic N) is 4. The number of aliphatic hydroxyl groups is 1. The molecule has 1 aromatic heterocycles. The molecule has 176 valence electrons. The molecule has 2 aromatic rings. The van der Waals surface area contributed by atoms with Crippen LogP contribution < -0.4 is 10.6 Å². The van der Waals surface area contributed by atoms with Gasteiger partial charge in [-0.15, -0.1) is 0 Å². The van der Waals surface area contributed by atoms with Crippen LogP contribution in [-0.2, 0) is 17.8 Å². The van der Waals surface area contributed by atoms with Crippen molar-refractivity contribution in [3.8, 4) is 0 Å². The predicted molar refractivity (Wildman–Crippen MR) is 125 cm³/mol. The van der Waals surface area contributed by atoms with Crippen LogP contribution in [0.15, 0.2) is 36.7 Å². The van der Waals surface area contributed by atoms with Gasteiger partial charge in [0.05, 0.1) is 6.10 Å². The van der Waals surface area contributed by atoms with Crippen LogP contribution in [0.2, 0.25) is 0 Å². The maximum absolute atomic E-state index is 12.5. The fraction of sp³-hybridized carbons (Fsp3) is 0.500. The summed E-state index contributed by atoms with van der Waals surface area (Å²) >= 11 is 0. The van der Waals surface area contributed by atoms with Gasteiger partial charge in [-0.25, -0.2) is 9.97 Å². The van der Waals surface area contributed by atoms with Crippen molar-refractivity contribution in [2.75, 3.05) is 39.0 Å². The van der Waals surface area contributed by atoms with Crippen LogP contribution in [0.25, 0.3) is 0 Å². The molecular formula is C24H32N6O3. The topological polar surface area (TPSA) is 111 Å². The number of rotatable bonds is 8. The van der Waals surface area contributed by atoms with Crippen molar-refractivity contribution in [1.29, 1.82) is 0 Å². The Hall–Kier alpha value is -3.04. The van der Waals surface area contributed by atoms with Gasteiger partial charge in [-0.05, 0) is 30.4 Å². The van der Waals surface area contributed by atoms with E-state index in [1.165, 1.54) is 17.5 Å². The minimum Gasteiger partial charge on any atom is -0.390 e. The Morgan fingerprint density at radius 3 is 2.73 bits per heavy atom. The monoisotopic (exact) mass is 452 g/mol. The number of hydrogen-bond donors (Lipinski definition) is 3. The fourth-order valence-corrected chi connectivity index (χ4v) is 4.45. The first-order chi connectivity index (χ1) is 15.9. The number of benzene rings is 1. The molecule has 2 amide bonds. The summed E-state index contributed by atoms with van der Waals surface area (Å²) in [6.45, 7) is 2.36. The van der Waals surface area contributed by atoms with E-state index in [4.69, 9.17) is 0 Å². The zero-order valence-corrected chi connectivity index (χ0v) is 19.2. The lowest BCUT2D eigenvalue weighted by Crippen LogP contribution is -2.44. The molecule has 1 aliphatic heterocycles. The number of fused-ring (bicyclic) bond motifs is 1. The van der Waals surface area contributed by atoms with Crippen molar-refractivity contribution in [3.05, 3.63) is 53.5 Å². The van der Waals surface area contributed by atoms with E-state index in [0.717, 1.165) is 32.4 Å². The van der Waals surface area contributed by atoms with Gasteiger partial charge in [0.2, 0.25) is 5.91 Å². The molecule has 1 saturated carbocycles. The summed E-state index contributed by atoms with van der Waals surface area (Å²) in [4.78, 5) is 36.6. The van der Waals surface area contributed by atoms with Crippen LogP contribution in [-0.4, -0.2) is 82.6 Å². The van der Waals surface area contributed by atoms with Gasteiger partial charge in [0.15, 0.2) is 0 Å². The lowest BCUT2D eigenvalue weighted by atomic mass is 9.79. The molecule has 1 atom stereocenters. The molecule has 1 aromatic carbocycles. The number of carbonyl (C=O) groups is 2. The molecular weight excluding hydrogens is 420 g/mol. The standard InChI is InChI=1S/C24H32N6O3/c1-29(2)24(33)18-9-19(10-18)28-22-11-21(26-15-27-22)23(32)25-12-20(31)14-30-8-7-16-5-3-4-6-17(16)13-30/h3-6,11,15,18-20,31H,7-10,12-14H2,1-2H3,(H,25,32)(H,26,27,28). The van der Waals surface area contributed by atoms with Crippen molar-refractivity contribution in [2.24, 2.45) is 5.92 Å². The Morgan fingerprint density at radius 1 is 1.21 bits per heavy atom. The molecule has 1 aliphatic carbocycles. The maximum Gasteiger partial charge on any atom is 0.270 e. The molecule has 0 spiro atoms. The quantitative estimate of drug-likeness (QED) is 0.546. The first-order valence-electron chi connectivity index (χ1n) is 11.4. The number of carbonyl (C=O) groups excluding carboxylic acids is 2. The second kappa shape index (κ2) is 10.3. The number of anilines is 1. The summed E-state index contributed by atoms with van der Waals surface area (Å²) in [7, 11) is 3.53. The normalized spacial score (nSPS) is 20.8. The lowest BCUT2D eigenvalue weighted by molar-refractivity contribution is -0.135. The molecule has 0 radical (unpaired) electrons. The SMILES string of the molecule is CN(C)C(=O)C1CC(Nc2cc(C(=O)NCC(O)CN3CCc4ccccc4C3)ncn2)C1. The van der Waals surface area contributed by atoms with Crippen LogP contribution in [0.4, 0.5) is 5.82 Å². The van der Waals surface area contributed by atoms with Gasteiger partial charge in [0, 0.05) is 58.3 Å². The zero-order valence-electron chi connectivity index (χ0n) is 19.2. The van der Waals surface area contributed by atoms with Crippen molar-refractivity contribution < 1.29 is 14.7 Å². The van der Waals surface area contributed by atoms with Gasteiger partial charge in [-0.3, -0.25) is 14.5 Å². The van der Waals surface area contributed by atoms with Crippen molar-refractivity contribution in [2.45, 2.75) is 38.0 Å². The number of hydrogen-bond acceptors (Lipinski definition) is 7. The van der Waals surface area contributed by atoms with Gasteiger partial charge in [-0.1, -0.05) is 24.3 Å². The highest BCUT2D eigenvalue weighted by molar-refractivity contribution is 5.92. The van der Waals surface area contributed by atoms with E-state index in [0.29, 0.717) is 12.4 Å². The Morgan fingerprint density at radius 2 is 1.97 bits per heavy atom. The highest BCUT2D eigenvalue weighted by Crippen LogP contribution is 2.31. The molecule has 1 unspecified atom stereocenters. The Kier molecular flexibility index (Phi) is 7.20. The van der Waals surface area contributed by atoms with E-state index in [9.17, 15) is 14.7 Å². The van der Waals surface area contributed by atoms with E-state index in [2.05, 4.69) is 43.7 Å². The summed E-state index contributed by atoms with van der Waals surface area (Å²) in [6.07, 6.45) is 3.14. The number of aliphatic hydroxyl groups excluding tert-OH is 1. The first kappa shape index (κ1) is 23.1. The Bertz CT molecular complexity index is 992. The molecule has 1 fully saturated rings. The van der Waals surface area contributed by atoms with Crippen LogP contribution in [0.1, 0.15) is 34.5 Å². The maximum atomic E-state index is 12.5. The van der Waals surface area contributed by atoms with Crippen LogP contribution in [0.3, 0.4) is 0 Å². The van der Waals surface area contributed by atoms with E-state index >= 15 is 0 Å². The third kappa shape index (κ3) is 5.85. The first-order valence-corrected chi connectivity index (χ1v) is 11.4. The Labute approximate surface area is 194 Å². The molecule has 0 bridgehead atoms. The highest BCUT2D eigenvalue weighted by Gasteiger charge is 2.35. The van der Waals surface area contributed by atoms with E-state index < -0.39 is 6.10 Å². The summed E-state index contributed by atoms with van der Waals surface area (Å²) in [6, 6.07) is 10.1. The highest BCUT2D eigenvalue weighted by atomic mass is 16.3. The fourth-order valence-electron chi connectivity index (χ4n) is 4.45. The van der Waals surface area contributed by atoms with Gasteiger partial charge in [-0.2, -0.15) is 0 Å². The van der Waals surface area contributed by atoms with Crippen LogP contribution in [0, 0.1) is 5.92 Å². The average molecular weight is 453 g/mol. The van der Waals surface area contributed by atoms with Crippen molar-refractivity contribution in [3.63, 3.8) is 0 Å². The minimum absolute atomic E-state index is 0.0389. The third-order valence-electron chi connectivity index (χ3n) is 6.36. The number of amides is 2. The minimum atomic E-state index is -0.667. The van der Waals surface area contributed by atoms with Gasteiger partial charge in [0.25, 0.3) is 5.91 Å². The molecule has 9 nitrogen and oxygen atoms in total. The van der Waals surface area contributed by atoms with Gasteiger partial charge in [0.1, 0.15) is 17.8 Å².